The van der Waals surface area contributed by atoms with E-state index >= 15 is 0 Å². The predicted octanol–water partition coefficient (Wildman–Crippen LogP) is 4.70. The van der Waals surface area contributed by atoms with Crippen LogP contribution in [0, 0.1) is 0 Å². The highest BCUT2D eigenvalue weighted by atomic mass is 35.5. The topological polar surface area (TPSA) is 58.6 Å². The molecular weight excluding hydrogens is 411 g/mol. The van der Waals surface area contributed by atoms with Crippen LogP contribution < -0.4 is 10.1 Å². The molecule has 2 amide bonds. The molecule has 2 rings (SSSR count). The number of halogens is 2. The molecule has 0 spiro atoms. The minimum absolute atomic E-state index is 0.0239. The normalized spacial score (nSPS) is 12.7. The molecule has 156 valence electrons. The molecule has 2 aromatic rings. The maximum atomic E-state index is 12.9. The van der Waals surface area contributed by atoms with Crippen molar-refractivity contribution in [2.24, 2.45) is 0 Å². The average molecular weight is 437 g/mol. The second-order valence-corrected chi connectivity index (χ2v) is 7.76. The fraction of sp³-hybridized carbons (Fsp3) is 0.364. The molecule has 0 fully saturated rings. The number of amides is 2. The molecule has 1 N–H and O–H groups in total. The van der Waals surface area contributed by atoms with E-state index in [1.165, 1.54) is 4.90 Å². The molecule has 2 aromatic carbocycles. The number of ether oxygens (including phenoxy) is 1. The van der Waals surface area contributed by atoms with Crippen LogP contribution in [0.5, 0.6) is 5.75 Å². The van der Waals surface area contributed by atoms with Gasteiger partial charge in [0.1, 0.15) is 11.8 Å². The van der Waals surface area contributed by atoms with Gasteiger partial charge in [-0.3, -0.25) is 9.59 Å². The van der Waals surface area contributed by atoms with Crippen molar-refractivity contribution in [2.45, 2.75) is 45.8 Å². The first-order chi connectivity index (χ1) is 13.8. The van der Waals surface area contributed by atoms with E-state index in [1.807, 2.05) is 26.0 Å². The number of hydrogen-bond acceptors (Lipinski definition) is 3. The standard InChI is InChI=1S/C22H26Cl2N2O3/c1-4-15(2)25-22(28)16(3)26(13-17-7-5-8-18(23)11-17)21(27)14-29-20-10-6-9-19(24)12-20/h5-12,15-16H,4,13-14H2,1-3H3,(H,25,28)/t15-,16-/m1/s1. The van der Waals surface area contributed by atoms with E-state index in [4.69, 9.17) is 27.9 Å². The lowest BCUT2D eigenvalue weighted by atomic mass is 10.1. The number of carbonyl (C=O) groups is 2. The van der Waals surface area contributed by atoms with Crippen LogP contribution >= 0.6 is 23.2 Å². The van der Waals surface area contributed by atoms with Gasteiger partial charge >= 0.3 is 0 Å². The first kappa shape index (κ1) is 23.0. The van der Waals surface area contributed by atoms with Gasteiger partial charge in [0.15, 0.2) is 6.61 Å². The Hall–Kier alpha value is -2.24. The van der Waals surface area contributed by atoms with E-state index in [9.17, 15) is 9.59 Å². The summed E-state index contributed by atoms with van der Waals surface area (Å²) in [5, 5.41) is 4.02. The van der Waals surface area contributed by atoms with Crippen molar-refractivity contribution >= 4 is 35.0 Å². The number of carbonyl (C=O) groups excluding carboxylic acids is 2. The van der Waals surface area contributed by atoms with Gasteiger partial charge in [0.05, 0.1) is 0 Å². The summed E-state index contributed by atoms with van der Waals surface area (Å²) in [7, 11) is 0. The average Bonchev–Trinajstić information content (AvgIpc) is 2.69. The summed E-state index contributed by atoms with van der Waals surface area (Å²) < 4.78 is 5.59. The summed E-state index contributed by atoms with van der Waals surface area (Å²) in [6.45, 7) is 5.66. The number of hydrogen-bond donors (Lipinski definition) is 1. The third kappa shape index (κ3) is 7.26. The van der Waals surface area contributed by atoms with Gasteiger partial charge in [0.2, 0.25) is 5.91 Å². The Morgan fingerprint density at radius 2 is 1.72 bits per heavy atom. The maximum absolute atomic E-state index is 12.9. The van der Waals surface area contributed by atoms with Gasteiger partial charge in [-0.05, 0) is 56.2 Å². The zero-order valence-corrected chi connectivity index (χ0v) is 18.3. The Balaban J connectivity index is 2.15. The quantitative estimate of drug-likeness (QED) is 0.619. The molecule has 7 heteroatoms. The molecule has 0 aliphatic rings. The Bertz CT molecular complexity index is 844. The first-order valence-electron chi connectivity index (χ1n) is 9.52. The predicted molar refractivity (Wildman–Crippen MR) is 116 cm³/mol. The fourth-order valence-corrected chi connectivity index (χ4v) is 3.06. The van der Waals surface area contributed by atoms with Gasteiger partial charge in [-0.25, -0.2) is 0 Å². The highest BCUT2D eigenvalue weighted by Gasteiger charge is 2.27. The molecule has 0 saturated carbocycles. The van der Waals surface area contributed by atoms with Crippen molar-refractivity contribution in [1.29, 1.82) is 0 Å². The molecule has 29 heavy (non-hydrogen) atoms. The highest BCUT2D eigenvalue weighted by molar-refractivity contribution is 6.30. The van der Waals surface area contributed by atoms with Crippen LogP contribution in [0.15, 0.2) is 48.5 Å². The van der Waals surface area contributed by atoms with Crippen LogP contribution in [0.25, 0.3) is 0 Å². The van der Waals surface area contributed by atoms with E-state index < -0.39 is 6.04 Å². The summed E-state index contributed by atoms with van der Waals surface area (Å²) in [6.07, 6.45) is 0.804. The maximum Gasteiger partial charge on any atom is 0.261 e. The van der Waals surface area contributed by atoms with Gasteiger partial charge in [-0.1, -0.05) is 48.3 Å². The van der Waals surface area contributed by atoms with Crippen molar-refractivity contribution in [3.8, 4) is 5.75 Å². The Labute approximate surface area is 181 Å². The second-order valence-electron chi connectivity index (χ2n) is 6.89. The molecule has 2 atom stereocenters. The van der Waals surface area contributed by atoms with E-state index in [1.54, 1.807) is 43.3 Å². The molecule has 0 aliphatic carbocycles. The summed E-state index contributed by atoms with van der Waals surface area (Å²) in [5.41, 5.74) is 0.830. The van der Waals surface area contributed by atoms with E-state index in [2.05, 4.69) is 5.32 Å². The molecule has 0 aliphatic heterocycles. The highest BCUT2D eigenvalue weighted by Crippen LogP contribution is 2.18. The second kappa shape index (κ2) is 11.1. The Morgan fingerprint density at radius 1 is 1.07 bits per heavy atom. The minimum atomic E-state index is -0.668. The van der Waals surface area contributed by atoms with Crippen molar-refractivity contribution in [3.63, 3.8) is 0 Å². The molecular formula is C22H26Cl2N2O3. The van der Waals surface area contributed by atoms with Crippen molar-refractivity contribution in [3.05, 3.63) is 64.1 Å². The number of benzene rings is 2. The molecule has 0 saturated heterocycles. The molecule has 0 aromatic heterocycles. The van der Waals surface area contributed by atoms with Gasteiger partial charge in [-0.2, -0.15) is 0 Å². The summed E-state index contributed by atoms with van der Waals surface area (Å²) in [6, 6.07) is 13.4. The molecule has 0 unspecified atom stereocenters. The van der Waals surface area contributed by atoms with Gasteiger partial charge < -0.3 is 15.0 Å². The van der Waals surface area contributed by atoms with Gasteiger partial charge in [-0.15, -0.1) is 0 Å². The van der Waals surface area contributed by atoms with Gasteiger partial charge in [0.25, 0.3) is 5.91 Å². The third-order valence-corrected chi connectivity index (χ3v) is 5.04. The van der Waals surface area contributed by atoms with Crippen LogP contribution in [0.4, 0.5) is 0 Å². The number of nitrogens with one attached hydrogen (secondary N) is 1. The van der Waals surface area contributed by atoms with E-state index in [-0.39, 0.29) is 31.0 Å². The minimum Gasteiger partial charge on any atom is -0.484 e. The first-order valence-corrected chi connectivity index (χ1v) is 10.3. The lowest BCUT2D eigenvalue weighted by Gasteiger charge is -2.29. The number of nitrogens with zero attached hydrogens (tertiary/aromatic N) is 1. The zero-order chi connectivity index (χ0) is 21.4. The summed E-state index contributed by atoms with van der Waals surface area (Å²) >= 11 is 12.0. The van der Waals surface area contributed by atoms with E-state index in [0.717, 1.165) is 12.0 Å². The smallest absolute Gasteiger partial charge is 0.261 e. The molecule has 0 bridgehead atoms. The van der Waals surface area contributed by atoms with E-state index in [0.29, 0.717) is 15.8 Å². The lowest BCUT2D eigenvalue weighted by molar-refractivity contribution is -0.142. The zero-order valence-electron chi connectivity index (χ0n) is 16.8. The summed E-state index contributed by atoms with van der Waals surface area (Å²) in [5.74, 6) is -0.0282. The molecule has 0 heterocycles. The van der Waals surface area contributed by atoms with Crippen LogP contribution in [0.3, 0.4) is 0 Å². The Morgan fingerprint density at radius 3 is 2.34 bits per heavy atom. The van der Waals surface area contributed by atoms with Crippen LogP contribution in [-0.2, 0) is 16.1 Å². The summed E-state index contributed by atoms with van der Waals surface area (Å²) in [4.78, 5) is 27.1. The van der Waals surface area contributed by atoms with Gasteiger partial charge in [0, 0.05) is 22.6 Å². The molecule has 5 nitrogen and oxygen atoms in total. The van der Waals surface area contributed by atoms with Crippen molar-refractivity contribution < 1.29 is 14.3 Å². The van der Waals surface area contributed by atoms with Crippen LogP contribution in [0.2, 0.25) is 10.0 Å². The third-order valence-electron chi connectivity index (χ3n) is 4.57. The monoisotopic (exact) mass is 436 g/mol. The van der Waals surface area contributed by atoms with Crippen molar-refractivity contribution in [1.82, 2.24) is 10.2 Å². The van der Waals surface area contributed by atoms with Crippen LogP contribution in [0.1, 0.15) is 32.8 Å². The fourth-order valence-electron chi connectivity index (χ4n) is 2.66. The number of rotatable bonds is 9. The molecule has 0 radical (unpaired) electrons. The van der Waals surface area contributed by atoms with Crippen LogP contribution in [-0.4, -0.2) is 35.4 Å². The SMILES string of the molecule is CC[C@@H](C)NC(=O)[C@@H](C)N(Cc1cccc(Cl)c1)C(=O)COc1cccc(Cl)c1. The van der Waals surface area contributed by atoms with Crippen molar-refractivity contribution in [2.75, 3.05) is 6.61 Å². The Kier molecular flexibility index (Phi) is 8.80. The lowest BCUT2D eigenvalue weighted by Crippen LogP contribution is -2.50. The largest absolute Gasteiger partial charge is 0.484 e.